The quantitative estimate of drug-likeness (QED) is 0.664. The molecule has 0 fully saturated rings. The lowest BCUT2D eigenvalue weighted by Gasteiger charge is -2.14. The van der Waals surface area contributed by atoms with Crippen LogP contribution < -0.4 is 4.74 Å². The standard InChI is InChI=1S/C19H14O3/c1-21-16-9-5-4-8-15(16)18-14-7-3-2-6-12(14)10-13-11-22-19(20)17(13)18/h2-10H,11H2,1H3. The molecule has 3 nitrogen and oxygen atoms in total. The van der Waals surface area contributed by atoms with Crippen LogP contribution in [-0.2, 0) is 11.3 Å². The number of benzene rings is 3. The molecule has 0 aliphatic carbocycles. The van der Waals surface area contributed by atoms with E-state index in [1.807, 2.05) is 48.5 Å². The smallest absolute Gasteiger partial charge is 0.339 e. The summed E-state index contributed by atoms with van der Waals surface area (Å²) in [5.41, 5.74) is 3.40. The molecule has 0 bridgehead atoms. The maximum absolute atomic E-state index is 12.2. The van der Waals surface area contributed by atoms with Crippen LogP contribution in [0.15, 0.2) is 54.6 Å². The van der Waals surface area contributed by atoms with Crippen LogP contribution in [0, 0.1) is 0 Å². The van der Waals surface area contributed by atoms with Crippen molar-refractivity contribution in [3.63, 3.8) is 0 Å². The van der Waals surface area contributed by atoms with E-state index in [1.165, 1.54) is 0 Å². The molecule has 3 aromatic carbocycles. The van der Waals surface area contributed by atoms with Gasteiger partial charge in [0.2, 0.25) is 0 Å². The highest BCUT2D eigenvalue weighted by atomic mass is 16.5. The van der Waals surface area contributed by atoms with Crippen LogP contribution >= 0.6 is 0 Å². The van der Waals surface area contributed by atoms with Crippen molar-refractivity contribution in [1.82, 2.24) is 0 Å². The first-order valence-electron chi connectivity index (χ1n) is 7.14. The molecule has 0 atom stereocenters. The predicted octanol–water partition coefficient (Wildman–Crippen LogP) is 4.19. The highest BCUT2D eigenvalue weighted by molar-refractivity contribution is 6.11. The lowest BCUT2D eigenvalue weighted by Crippen LogP contribution is -2.00. The monoisotopic (exact) mass is 290 g/mol. The zero-order valence-electron chi connectivity index (χ0n) is 12.1. The number of methoxy groups -OCH3 is 1. The lowest BCUT2D eigenvalue weighted by molar-refractivity contribution is 0.0535. The fourth-order valence-corrected chi connectivity index (χ4v) is 3.10. The number of esters is 1. The van der Waals surface area contributed by atoms with E-state index in [4.69, 9.17) is 9.47 Å². The molecular formula is C19H14O3. The number of hydrogen-bond donors (Lipinski definition) is 0. The number of para-hydroxylation sites is 1. The van der Waals surface area contributed by atoms with Gasteiger partial charge in [-0.15, -0.1) is 0 Å². The number of carbonyl (C=O) groups is 1. The van der Waals surface area contributed by atoms with E-state index in [-0.39, 0.29) is 5.97 Å². The lowest BCUT2D eigenvalue weighted by atomic mass is 9.90. The van der Waals surface area contributed by atoms with Gasteiger partial charge in [0.1, 0.15) is 12.4 Å². The molecule has 0 saturated carbocycles. The first-order valence-corrected chi connectivity index (χ1v) is 7.14. The summed E-state index contributed by atoms with van der Waals surface area (Å²) >= 11 is 0. The van der Waals surface area contributed by atoms with Gasteiger partial charge in [0.05, 0.1) is 12.7 Å². The average molecular weight is 290 g/mol. The van der Waals surface area contributed by atoms with Crippen molar-refractivity contribution in [1.29, 1.82) is 0 Å². The summed E-state index contributed by atoms with van der Waals surface area (Å²) in [6.07, 6.45) is 0. The first-order chi connectivity index (χ1) is 10.8. The topological polar surface area (TPSA) is 35.5 Å². The number of ether oxygens (including phenoxy) is 2. The molecule has 108 valence electrons. The van der Waals surface area contributed by atoms with Crippen LogP contribution in [0.1, 0.15) is 15.9 Å². The molecule has 3 heteroatoms. The van der Waals surface area contributed by atoms with Gasteiger partial charge in [0, 0.05) is 16.7 Å². The highest BCUT2D eigenvalue weighted by Crippen LogP contribution is 2.41. The SMILES string of the molecule is COc1ccccc1-c1c2c(cc3ccccc13)COC2=O. The molecule has 22 heavy (non-hydrogen) atoms. The second-order valence-electron chi connectivity index (χ2n) is 5.28. The zero-order chi connectivity index (χ0) is 15.1. The van der Waals surface area contributed by atoms with Crippen molar-refractivity contribution in [2.24, 2.45) is 0 Å². The Morgan fingerprint density at radius 1 is 1.00 bits per heavy atom. The number of rotatable bonds is 2. The predicted molar refractivity (Wildman–Crippen MR) is 85.1 cm³/mol. The molecular weight excluding hydrogens is 276 g/mol. The van der Waals surface area contributed by atoms with E-state index in [2.05, 4.69) is 6.07 Å². The Morgan fingerprint density at radius 2 is 1.77 bits per heavy atom. The third-order valence-electron chi connectivity index (χ3n) is 4.07. The Bertz CT molecular complexity index is 896. The van der Waals surface area contributed by atoms with Crippen molar-refractivity contribution in [3.05, 3.63) is 65.7 Å². The van der Waals surface area contributed by atoms with Gasteiger partial charge in [-0.1, -0.05) is 42.5 Å². The number of carbonyl (C=O) groups excluding carboxylic acids is 1. The van der Waals surface area contributed by atoms with Crippen LogP contribution in [0.4, 0.5) is 0 Å². The van der Waals surface area contributed by atoms with E-state index in [0.717, 1.165) is 33.2 Å². The molecule has 1 aliphatic rings. The summed E-state index contributed by atoms with van der Waals surface area (Å²) in [6.45, 7) is 0.334. The maximum Gasteiger partial charge on any atom is 0.339 e. The van der Waals surface area contributed by atoms with Gasteiger partial charge in [0.25, 0.3) is 0 Å². The maximum atomic E-state index is 12.2. The molecule has 0 radical (unpaired) electrons. The Hall–Kier alpha value is -2.81. The molecule has 3 aromatic rings. The Morgan fingerprint density at radius 3 is 2.64 bits per heavy atom. The van der Waals surface area contributed by atoms with E-state index in [9.17, 15) is 4.79 Å². The van der Waals surface area contributed by atoms with E-state index in [1.54, 1.807) is 7.11 Å². The minimum absolute atomic E-state index is 0.262. The second kappa shape index (κ2) is 4.88. The van der Waals surface area contributed by atoms with Gasteiger partial charge in [-0.05, 0) is 22.9 Å². The Balaban J connectivity index is 2.16. The second-order valence-corrected chi connectivity index (χ2v) is 5.28. The van der Waals surface area contributed by atoms with Crippen molar-refractivity contribution in [3.8, 4) is 16.9 Å². The number of fused-ring (bicyclic) bond motifs is 2. The third-order valence-corrected chi connectivity index (χ3v) is 4.07. The third kappa shape index (κ3) is 1.79. The molecule has 1 aliphatic heterocycles. The molecule has 0 N–H and O–H groups in total. The summed E-state index contributed by atoms with van der Waals surface area (Å²) in [6, 6.07) is 17.9. The summed E-state index contributed by atoms with van der Waals surface area (Å²) in [5, 5.41) is 2.13. The van der Waals surface area contributed by atoms with Crippen LogP contribution in [0.5, 0.6) is 5.75 Å². The van der Waals surface area contributed by atoms with E-state index < -0.39 is 0 Å². The fraction of sp³-hybridized carbons (Fsp3) is 0.105. The Labute approximate surface area is 128 Å². The van der Waals surface area contributed by atoms with E-state index in [0.29, 0.717) is 12.2 Å². The van der Waals surface area contributed by atoms with Gasteiger partial charge >= 0.3 is 5.97 Å². The molecule has 0 spiro atoms. The fourth-order valence-electron chi connectivity index (χ4n) is 3.10. The van der Waals surface area contributed by atoms with Gasteiger partial charge in [-0.3, -0.25) is 0 Å². The highest BCUT2D eigenvalue weighted by Gasteiger charge is 2.28. The van der Waals surface area contributed by atoms with Crippen molar-refractivity contribution in [2.45, 2.75) is 6.61 Å². The average Bonchev–Trinajstić information content (AvgIpc) is 2.93. The summed E-state index contributed by atoms with van der Waals surface area (Å²) in [7, 11) is 1.64. The summed E-state index contributed by atoms with van der Waals surface area (Å²) < 4.78 is 10.7. The molecule has 4 rings (SSSR count). The number of cyclic esters (lactones) is 1. The molecule has 0 unspecified atom stereocenters. The summed E-state index contributed by atoms with van der Waals surface area (Å²) in [4.78, 5) is 12.2. The first kappa shape index (κ1) is 12.9. The Kier molecular flexibility index (Phi) is 2.86. The molecule has 0 amide bonds. The van der Waals surface area contributed by atoms with Gasteiger partial charge in [-0.25, -0.2) is 4.79 Å². The normalized spacial score (nSPS) is 13.0. The number of hydrogen-bond acceptors (Lipinski definition) is 3. The molecule has 0 saturated heterocycles. The van der Waals surface area contributed by atoms with Gasteiger partial charge in [-0.2, -0.15) is 0 Å². The van der Waals surface area contributed by atoms with Crippen LogP contribution in [0.25, 0.3) is 21.9 Å². The van der Waals surface area contributed by atoms with Crippen molar-refractivity contribution < 1.29 is 14.3 Å². The largest absolute Gasteiger partial charge is 0.496 e. The van der Waals surface area contributed by atoms with E-state index >= 15 is 0 Å². The minimum Gasteiger partial charge on any atom is -0.496 e. The molecule has 1 heterocycles. The zero-order valence-corrected chi connectivity index (χ0v) is 12.1. The van der Waals surface area contributed by atoms with Crippen LogP contribution in [0.2, 0.25) is 0 Å². The van der Waals surface area contributed by atoms with Crippen LogP contribution in [0.3, 0.4) is 0 Å². The summed E-state index contributed by atoms with van der Waals surface area (Å²) in [5.74, 6) is 0.488. The van der Waals surface area contributed by atoms with Crippen molar-refractivity contribution in [2.75, 3.05) is 7.11 Å². The van der Waals surface area contributed by atoms with Gasteiger partial charge in [0.15, 0.2) is 0 Å². The van der Waals surface area contributed by atoms with Gasteiger partial charge < -0.3 is 9.47 Å². The minimum atomic E-state index is -0.262. The van der Waals surface area contributed by atoms with Crippen LogP contribution in [-0.4, -0.2) is 13.1 Å². The van der Waals surface area contributed by atoms with Crippen molar-refractivity contribution >= 4 is 16.7 Å². The molecule has 0 aromatic heterocycles.